The molecule has 32 heavy (non-hydrogen) atoms. The summed E-state index contributed by atoms with van der Waals surface area (Å²) in [6.45, 7) is 8.31. The number of aromatic nitrogens is 2. The molecule has 2 aromatic rings. The molecule has 0 bridgehead atoms. The SMILES string of the molecule is CCCCN(C(=O)CNC(C)(C)c1ccc(Cl)c(Cl)c1)c1c(N)n(CCC)c(=O)[nH]c1=O. The van der Waals surface area contributed by atoms with E-state index < -0.39 is 16.8 Å². The van der Waals surface area contributed by atoms with Crippen molar-refractivity contribution in [3.63, 3.8) is 0 Å². The van der Waals surface area contributed by atoms with Crippen LogP contribution in [0.2, 0.25) is 10.0 Å². The Morgan fingerprint density at radius 3 is 2.47 bits per heavy atom. The second kappa shape index (κ2) is 11.0. The third-order valence-electron chi connectivity index (χ3n) is 5.29. The van der Waals surface area contributed by atoms with E-state index in [9.17, 15) is 14.4 Å². The van der Waals surface area contributed by atoms with E-state index in [1.165, 1.54) is 9.47 Å². The van der Waals surface area contributed by atoms with Gasteiger partial charge in [-0.25, -0.2) is 4.79 Å². The number of nitrogens with one attached hydrogen (secondary N) is 2. The monoisotopic (exact) mass is 483 g/mol. The van der Waals surface area contributed by atoms with Crippen LogP contribution in [0.15, 0.2) is 27.8 Å². The van der Waals surface area contributed by atoms with Gasteiger partial charge < -0.3 is 10.6 Å². The Kier molecular flexibility index (Phi) is 8.95. The molecule has 4 N–H and O–H groups in total. The van der Waals surface area contributed by atoms with Gasteiger partial charge in [0.15, 0.2) is 5.69 Å². The molecule has 1 aromatic carbocycles. The molecule has 176 valence electrons. The first-order valence-corrected chi connectivity index (χ1v) is 11.4. The first kappa shape index (κ1) is 26.0. The number of hydrogen-bond acceptors (Lipinski definition) is 5. The van der Waals surface area contributed by atoms with Gasteiger partial charge in [0.05, 0.1) is 16.6 Å². The van der Waals surface area contributed by atoms with Crippen LogP contribution in [0.25, 0.3) is 0 Å². The molecule has 10 heteroatoms. The molecule has 0 unspecified atom stereocenters. The van der Waals surface area contributed by atoms with Gasteiger partial charge in [-0.05, 0) is 44.4 Å². The van der Waals surface area contributed by atoms with Crippen LogP contribution in [0.1, 0.15) is 52.5 Å². The number of carbonyl (C=O) groups excluding carboxylic acids is 1. The Morgan fingerprint density at radius 1 is 1.19 bits per heavy atom. The number of carbonyl (C=O) groups is 1. The average Bonchev–Trinajstić information content (AvgIpc) is 2.73. The molecule has 0 radical (unpaired) electrons. The van der Waals surface area contributed by atoms with E-state index in [-0.39, 0.29) is 24.0 Å². The highest BCUT2D eigenvalue weighted by atomic mass is 35.5. The number of nitrogens with zero attached hydrogens (tertiary/aromatic N) is 2. The summed E-state index contributed by atoms with van der Waals surface area (Å²) in [7, 11) is 0. The molecule has 1 amide bonds. The highest BCUT2D eigenvalue weighted by Crippen LogP contribution is 2.28. The minimum absolute atomic E-state index is 0.00523. The normalized spacial score (nSPS) is 11.6. The van der Waals surface area contributed by atoms with Crippen molar-refractivity contribution < 1.29 is 4.79 Å². The van der Waals surface area contributed by atoms with Crippen molar-refractivity contribution in [2.75, 3.05) is 23.7 Å². The van der Waals surface area contributed by atoms with Crippen molar-refractivity contribution >= 4 is 40.6 Å². The van der Waals surface area contributed by atoms with Crippen LogP contribution >= 0.6 is 23.2 Å². The fourth-order valence-electron chi connectivity index (χ4n) is 3.34. The predicted molar refractivity (Wildman–Crippen MR) is 131 cm³/mol. The van der Waals surface area contributed by atoms with Gasteiger partial charge in [0.1, 0.15) is 5.82 Å². The molecule has 1 aromatic heterocycles. The lowest BCUT2D eigenvalue weighted by Crippen LogP contribution is -2.48. The number of aromatic amines is 1. The Morgan fingerprint density at radius 2 is 1.88 bits per heavy atom. The quantitative estimate of drug-likeness (QED) is 0.478. The van der Waals surface area contributed by atoms with Crippen LogP contribution < -0.4 is 27.2 Å². The molecule has 0 atom stereocenters. The van der Waals surface area contributed by atoms with Gasteiger partial charge in [0, 0.05) is 18.6 Å². The van der Waals surface area contributed by atoms with Crippen LogP contribution in [-0.4, -0.2) is 28.5 Å². The standard InChI is InChI=1S/C22H31Cl2N5O3/c1-5-7-11-28(18-19(25)29(10-6-2)21(32)27-20(18)31)17(30)13-26-22(3,4)14-8-9-15(23)16(24)12-14/h8-9,12,26H,5-7,10-11,13,25H2,1-4H3,(H,27,31,32). The maximum atomic E-state index is 13.2. The second-order valence-electron chi connectivity index (χ2n) is 8.15. The largest absolute Gasteiger partial charge is 0.383 e. The lowest BCUT2D eigenvalue weighted by atomic mass is 9.94. The number of halogens is 2. The zero-order chi connectivity index (χ0) is 24.1. The summed E-state index contributed by atoms with van der Waals surface area (Å²) in [6.07, 6.45) is 2.14. The maximum Gasteiger partial charge on any atom is 0.330 e. The molecule has 2 rings (SSSR count). The minimum atomic E-state index is -0.673. The van der Waals surface area contributed by atoms with Crippen molar-refractivity contribution in [3.8, 4) is 0 Å². The van der Waals surface area contributed by atoms with E-state index in [4.69, 9.17) is 28.9 Å². The molecule has 0 spiro atoms. The zero-order valence-corrected chi connectivity index (χ0v) is 20.4. The van der Waals surface area contributed by atoms with Crippen LogP contribution in [0.5, 0.6) is 0 Å². The van der Waals surface area contributed by atoms with Crippen LogP contribution in [0.3, 0.4) is 0 Å². The minimum Gasteiger partial charge on any atom is -0.383 e. The third kappa shape index (κ3) is 5.94. The van der Waals surface area contributed by atoms with Gasteiger partial charge in [-0.2, -0.15) is 0 Å². The first-order chi connectivity index (χ1) is 15.0. The number of unbranched alkanes of at least 4 members (excludes halogenated alkanes) is 1. The Labute approximate surface area is 197 Å². The fraction of sp³-hybridized carbons (Fsp3) is 0.500. The van der Waals surface area contributed by atoms with E-state index in [0.717, 1.165) is 12.0 Å². The van der Waals surface area contributed by atoms with E-state index in [2.05, 4.69) is 10.3 Å². The maximum absolute atomic E-state index is 13.2. The average molecular weight is 484 g/mol. The summed E-state index contributed by atoms with van der Waals surface area (Å²) in [4.78, 5) is 41.7. The molecule has 8 nitrogen and oxygen atoms in total. The number of nitrogen functional groups attached to an aromatic ring is 1. The Bertz CT molecular complexity index is 1080. The van der Waals surface area contributed by atoms with E-state index in [1.54, 1.807) is 12.1 Å². The number of hydrogen-bond donors (Lipinski definition) is 3. The fourth-order valence-corrected chi connectivity index (χ4v) is 3.64. The van der Waals surface area contributed by atoms with Gasteiger partial charge >= 0.3 is 5.69 Å². The molecule has 0 aliphatic rings. The summed E-state index contributed by atoms with van der Waals surface area (Å²) >= 11 is 12.2. The van der Waals surface area contributed by atoms with Crippen molar-refractivity contribution in [1.29, 1.82) is 0 Å². The van der Waals surface area contributed by atoms with Gasteiger partial charge in [0.2, 0.25) is 5.91 Å². The smallest absolute Gasteiger partial charge is 0.330 e. The topological polar surface area (TPSA) is 113 Å². The highest BCUT2D eigenvalue weighted by Gasteiger charge is 2.27. The van der Waals surface area contributed by atoms with E-state index in [1.807, 2.05) is 33.8 Å². The molecule has 0 aliphatic carbocycles. The van der Waals surface area contributed by atoms with E-state index >= 15 is 0 Å². The summed E-state index contributed by atoms with van der Waals surface area (Å²) in [5.41, 5.74) is 5.19. The van der Waals surface area contributed by atoms with Gasteiger partial charge in [-0.15, -0.1) is 0 Å². The summed E-state index contributed by atoms with van der Waals surface area (Å²) in [5, 5.41) is 4.10. The number of H-pyrrole nitrogens is 1. The van der Waals surface area contributed by atoms with Crippen LogP contribution in [0, 0.1) is 0 Å². The lowest BCUT2D eigenvalue weighted by molar-refractivity contribution is -0.118. The second-order valence-corrected chi connectivity index (χ2v) is 8.97. The van der Waals surface area contributed by atoms with Crippen LogP contribution in [-0.2, 0) is 16.9 Å². The number of rotatable bonds is 10. The van der Waals surface area contributed by atoms with Crippen LogP contribution in [0.4, 0.5) is 11.5 Å². The van der Waals surface area contributed by atoms with Crippen molar-refractivity contribution in [3.05, 3.63) is 54.6 Å². The number of nitrogens with two attached hydrogens (primary N) is 1. The molecule has 1 heterocycles. The van der Waals surface area contributed by atoms with Crippen molar-refractivity contribution in [2.45, 2.75) is 59.0 Å². The molecule has 0 fully saturated rings. The predicted octanol–water partition coefficient (Wildman–Crippen LogP) is 3.49. The molecule has 0 saturated heterocycles. The molecular weight excluding hydrogens is 453 g/mol. The zero-order valence-electron chi connectivity index (χ0n) is 18.9. The molecule has 0 aliphatic heterocycles. The molecule has 0 saturated carbocycles. The van der Waals surface area contributed by atoms with Crippen molar-refractivity contribution in [1.82, 2.24) is 14.9 Å². The number of amides is 1. The lowest BCUT2D eigenvalue weighted by Gasteiger charge is -2.30. The highest BCUT2D eigenvalue weighted by molar-refractivity contribution is 6.42. The Hall–Kier alpha value is -2.29. The summed E-state index contributed by atoms with van der Waals surface area (Å²) < 4.78 is 1.29. The van der Waals surface area contributed by atoms with Crippen molar-refractivity contribution in [2.24, 2.45) is 0 Å². The van der Waals surface area contributed by atoms with Gasteiger partial charge in [-0.1, -0.05) is 49.5 Å². The van der Waals surface area contributed by atoms with Gasteiger partial charge in [0.25, 0.3) is 5.56 Å². The third-order valence-corrected chi connectivity index (χ3v) is 6.03. The summed E-state index contributed by atoms with van der Waals surface area (Å²) in [6, 6.07) is 5.29. The molecular formula is C22H31Cl2N5O3. The first-order valence-electron chi connectivity index (χ1n) is 10.7. The van der Waals surface area contributed by atoms with Gasteiger partial charge in [-0.3, -0.25) is 24.5 Å². The number of benzene rings is 1. The summed E-state index contributed by atoms with van der Waals surface area (Å²) in [5.74, 6) is -0.334. The van der Waals surface area contributed by atoms with E-state index in [0.29, 0.717) is 36.0 Å². The number of anilines is 2. The Balaban J connectivity index is 2.35.